The lowest BCUT2D eigenvalue weighted by molar-refractivity contribution is 1.74. The van der Waals surface area contributed by atoms with E-state index in [-0.39, 0.29) is 0 Å². The van der Waals surface area contributed by atoms with Gasteiger partial charge in [-0.25, -0.2) is 0 Å². The summed E-state index contributed by atoms with van der Waals surface area (Å²) in [6, 6.07) is 43.9. The Hall–Kier alpha value is -2.30. The molecule has 84 heavy (non-hydrogen) atoms. The quantitative estimate of drug-likeness (QED) is 0.0797. The molecule has 0 N–H and O–H groups in total. The summed E-state index contributed by atoms with van der Waals surface area (Å²) in [7, 11) is -9.57. The molecule has 12 aromatic rings. The Morgan fingerprint density at radius 2 is 0.369 bits per heavy atom. The van der Waals surface area contributed by atoms with Gasteiger partial charge in [0, 0.05) is 107 Å². The van der Waals surface area contributed by atoms with Crippen LogP contribution >= 0.6 is 136 Å². The van der Waals surface area contributed by atoms with Gasteiger partial charge in [0.15, 0.2) is 0 Å². The second kappa shape index (κ2) is 22.9. The van der Waals surface area contributed by atoms with E-state index in [9.17, 15) is 0 Å². The minimum atomic E-state index is -1.73. The van der Waals surface area contributed by atoms with Crippen molar-refractivity contribution < 1.29 is 0 Å². The summed E-state index contributed by atoms with van der Waals surface area (Å²) in [5.41, 5.74) is 0. The summed E-state index contributed by atoms with van der Waals surface area (Å²) in [6.07, 6.45) is 0. The van der Waals surface area contributed by atoms with E-state index in [1.807, 2.05) is 90.7 Å². The van der Waals surface area contributed by atoms with Gasteiger partial charge >= 0.3 is 0 Å². The van der Waals surface area contributed by atoms with E-state index in [0.29, 0.717) is 0 Å². The van der Waals surface area contributed by atoms with Crippen molar-refractivity contribution in [2.75, 3.05) is 0 Å². The molecule has 0 aliphatic heterocycles. The number of thiophene rings is 12. The number of rotatable bonds is 17. The van der Waals surface area contributed by atoms with Crippen LogP contribution in [0.1, 0.15) is 0 Å². The largest absolute Gasteiger partial charge is 0.143 e. The van der Waals surface area contributed by atoms with E-state index < -0.39 is 48.4 Å². The van der Waals surface area contributed by atoms with Crippen LogP contribution in [0.15, 0.2) is 120 Å². The highest BCUT2D eigenvalue weighted by Gasteiger charge is 2.34. The maximum Gasteiger partial charge on any atom is 0.0795 e. The topological polar surface area (TPSA) is 0 Å². The van der Waals surface area contributed by atoms with Crippen LogP contribution in [0.4, 0.5) is 0 Å². The summed E-state index contributed by atoms with van der Waals surface area (Å²) in [5, 5.41) is 14.3. The van der Waals surface area contributed by atoms with Crippen LogP contribution in [0.2, 0.25) is 118 Å². The molecule has 0 bridgehead atoms. The molecule has 12 rings (SSSR count). The van der Waals surface area contributed by atoms with E-state index in [1.165, 1.54) is 107 Å². The number of hydrogen-bond acceptors (Lipinski definition) is 12. The average Bonchev–Trinajstić information content (AvgIpc) is 3.47. The third-order valence-electron chi connectivity index (χ3n) is 15.3. The molecular weight excluding hydrogens is 1350 g/mol. The third kappa shape index (κ3) is 12.6. The van der Waals surface area contributed by atoms with Crippen LogP contribution in [0.3, 0.4) is 0 Å². The fourth-order valence-electron chi connectivity index (χ4n) is 10.3. The van der Waals surface area contributed by atoms with E-state index in [2.05, 4.69) is 283 Å². The van der Waals surface area contributed by atoms with Gasteiger partial charge in [-0.3, -0.25) is 0 Å². The smallest absolute Gasteiger partial charge is 0.0795 e. The van der Waals surface area contributed by atoms with Crippen molar-refractivity contribution in [2.24, 2.45) is 0 Å². The SMILES string of the molecule is C[Si](C)(C)c1csc(-c2ccc(-c3ccc(-c4cc([Si](C)(C)C)c(-c5sc(-c6ccc(-c7ccc(-c8cc([Si](C)(C)C)c(-c9sc(-c%10ccc(-c%11ccc(-c%12cc([Si](C)(C)C)cs%12)s%11)s%10)cc9[Si](C)(C)C)s8)s7)s6)cc5[Si](C)(C)C)s4)s3)s2)c1. The molecular formula is C66H74S12Si6. The predicted molar refractivity (Wildman–Crippen MR) is 419 cm³/mol. The minimum Gasteiger partial charge on any atom is -0.143 e. The van der Waals surface area contributed by atoms with Gasteiger partial charge in [0.25, 0.3) is 0 Å². The zero-order chi connectivity index (χ0) is 59.8. The van der Waals surface area contributed by atoms with E-state index in [4.69, 9.17) is 0 Å². The maximum atomic E-state index is 2.61. The molecule has 0 spiro atoms. The van der Waals surface area contributed by atoms with Gasteiger partial charge in [-0.1, -0.05) is 118 Å². The Morgan fingerprint density at radius 1 is 0.190 bits per heavy atom. The Kier molecular flexibility index (Phi) is 16.9. The van der Waals surface area contributed by atoms with E-state index >= 15 is 0 Å². The summed E-state index contributed by atoms with van der Waals surface area (Å²) in [4.78, 5) is 31.2. The molecule has 0 atom stereocenters. The molecule has 0 saturated carbocycles. The van der Waals surface area contributed by atoms with Crippen molar-refractivity contribution in [1.82, 2.24) is 0 Å². The lowest BCUT2D eigenvalue weighted by Gasteiger charge is -2.20. The molecule has 18 heteroatoms. The fourth-order valence-corrected chi connectivity index (χ4v) is 38.4. The summed E-state index contributed by atoms with van der Waals surface area (Å²) >= 11 is 23.8. The van der Waals surface area contributed by atoms with Gasteiger partial charge in [0.1, 0.15) is 0 Å². The standard InChI is InChI=1S/C66H74S12Si6/c1-79(2,3)39-31-53(67-37-39)47-25-19-41(69-47)43-21-27-49(71-43)55-33-59(81(7,8)9)63(75-55)65-61(83(13,14)15)35-57(77-65)51-29-23-45(73-51)46-24-30-52(74-46)58-36-62(84(16,17)18)66(78-58)64-60(82(10,11)12)34-56(76-64)50-28-22-44(72-50)42-20-26-48(70-42)54-32-40(38-68-54)80(4,5)6/h19-38H,1-18H3. The Bertz CT molecular complexity index is 4070. The van der Waals surface area contributed by atoms with Gasteiger partial charge < -0.3 is 0 Å². The third-order valence-corrected chi connectivity index (χ3v) is 43.6. The van der Waals surface area contributed by atoms with Gasteiger partial charge in [-0.2, -0.15) is 0 Å². The highest BCUT2D eigenvalue weighted by Crippen LogP contribution is 2.50. The van der Waals surface area contributed by atoms with Crippen molar-refractivity contribution in [3.63, 3.8) is 0 Å². The second-order valence-electron chi connectivity index (χ2n) is 28.3. The molecule has 0 saturated heterocycles. The van der Waals surface area contributed by atoms with Gasteiger partial charge in [-0.15, -0.1) is 136 Å². The Balaban J connectivity index is 0.819. The highest BCUT2D eigenvalue weighted by molar-refractivity contribution is 7.35. The van der Waals surface area contributed by atoms with Crippen molar-refractivity contribution in [3.8, 4) is 107 Å². The second-order valence-corrected chi connectivity index (χ2v) is 71.1. The molecule has 12 aromatic heterocycles. The molecule has 0 unspecified atom stereocenters. The molecule has 0 radical (unpaired) electrons. The molecule has 0 aromatic carbocycles. The predicted octanol–water partition coefficient (Wildman–Crippen LogP) is 24.0. The van der Waals surface area contributed by atoms with Crippen molar-refractivity contribution in [2.45, 2.75) is 118 Å². The first-order valence-corrected chi connectivity index (χ1v) is 59.6. The van der Waals surface area contributed by atoms with Gasteiger partial charge in [-0.05, 0) is 151 Å². The first-order chi connectivity index (χ1) is 39.3. The van der Waals surface area contributed by atoms with Crippen LogP contribution < -0.4 is 31.1 Å². The van der Waals surface area contributed by atoms with Crippen LogP contribution in [-0.2, 0) is 0 Å². The Morgan fingerprint density at radius 3 is 0.536 bits per heavy atom. The van der Waals surface area contributed by atoms with Crippen molar-refractivity contribution in [1.29, 1.82) is 0 Å². The van der Waals surface area contributed by atoms with Gasteiger partial charge in [0.05, 0.1) is 48.4 Å². The molecule has 0 aliphatic carbocycles. The summed E-state index contributed by atoms with van der Waals surface area (Å²) in [5.74, 6) is 0. The summed E-state index contributed by atoms with van der Waals surface area (Å²) < 4.78 is 0. The zero-order valence-corrected chi connectivity index (χ0v) is 67.2. The first-order valence-electron chi connectivity index (χ1n) is 28.7. The minimum absolute atomic E-state index is 1.34. The van der Waals surface area contributed by atoms with Crippen molar-refractivity contribution in [3.05, 3.63) is 120 Å². The number of hydrogen-bond donors (Lipinski definition) is 0. The van der Waals surface area contributed by atoms with Crippen LogP contribution in [0.5, 0.6) is 0 Å². The van der Waals surface area contributed by atoms with Crippen LogP contribution in [-0.4, -0.2) is 48.4 Å². The van der Waals surface area contributed by atoms with E-state index in [0.717, 1.165) is 0 Å². The van der Waals surface area contributed by atoms with Gasteiger partial charge in [0.2, 0.25) is 0 Å². The molecule has 0 fully saturated rings. The average molecular weight is 1420 g/mol. The first kappa shape index (κ1) is 61.9. The monoisotopic (exact) mass is 1420 g/mol. The molecule has 434 valence electrons. The molecule has 0 aliphatic rings. The van der Waals surface area contributed by atoms with Crippen LogP contribution in [0, 0.1) is 0 Å². The fraction of sp³-hybridized carbons (Fsp3) is 0.273. The molecule has 12 heterocycles. The van der Waals surface area contributed by atoms with E-state index in [1.54, 1.807) is 31.1 Å². The normalized spacial score (nSPS) is 13.1. The van der Waals surface area contributed by atoms with Crippen molar-refractivity contribution >= 4 is 216 Å². The molecule has 0 nitrogen and oxygen atoms in total. The highest BCUT2D eigenvalue weighted by atomic mass is 32.1. The zero-order valence-electron chi connectivity index (χ0n) is 51.4. The lowest BCUT2D eigenvalue weighted by atomic mass is 10.3. The summed E-state index contributed by atoms with van der Waals surface area (Å²) in [6.45, 7) is 45.2. The maximum absolute atomic E-state index is 2.61. The Labute approximate surface area is 554 Å². The lowest BCUT2D eigenvalue weighted by Crippen LogP contribution is -2.41. The van der Waals surface area contributed by atoms with Crippen LogP contribution in [0.25, 0.3) is 107 Å². The molecule has 0 amide bonds.